The largest absolute Gasteiger partial charge is 0.366 e. The summed E-state index contributed by atoms with van der Waals surface area (Å²) in [5.41, 5.74) is 2.23. The maximum Gasteiger partial charge on any atom is 0.231 e. The number of aromatic nitrogens is 2. The van der Waals surface area contributed by atoms with E-state index in [0.29, 0.717) is 12.5 Å². The molecule has 0 bridgehead atoms. The van der Waals surface area contributed by atoms with Crippen LogP contribution in [0.25, 0.3) is 0 Å². The standard InChI is InChI=1S/C19H19ClN4/c1-2-24(17-6-4-3-5-7-17)19-21-13-12-18(23-19)22-14-15-8-10-16(20)11-9-15/h3-13H,2,14H2,1H3,(H,21,22,23). The van der Waals surface area contributed by atoms with Crippen LogP contribution in [0.2, 0.25) is 5.02 Å². The molecule has 24 heavy (non-hydrogen) atoms. The van der Waals surface area contributed by atoms with E-state index in [4.69, 9.17) is 11.6 Å². The molecule has 1 N–H and O–H groups in total. The average Bonchev–Trinajstić information content (AvgIpc) is 2.63. The molecule has 0 saturated heterocycles. The lowest BCUT2D eigenvalue weighted by Gasteiger charge is -2.21. The second-order valence-electron chi connectivity index (χ2n) is 5.30. The fourth-order valence-electron chi connectivity index (χ4n) is 2.42. The third-order valence-corrected chi connectivity index (χ3v) is 3.91. The zero-order chi connectivity index (χ0) is 16.8. The molecule has 0 radical (unpaired) electrons. The van der Waals surface area contributed by atoms with Gasteiger partial charge in [0.05, 0.1) is 0 Å². The van der Waals surface area contributed by atoms with Crippen molar-refractivity contribution in [3.05, 3.63) is 77.4 Å². The lowest BCUT2D eigenvalue weighted by Crippen LogP contribution is -2.19. The minimum Gasteiger partial charge on any atom is -0.366 e. The number of halogens is 1. The second-order valence-corrected chi connectivity index (χ2v) is 5.74. The van der Waals surface area contributed by atoms with E-state index in [1.54, 1.807) is 6.20 Å². The molecule has 0 saturated carbocycles. The number of benzene rings is 2. The van der Waals surface area contributed by atoms with Crippen molar-refractivity contribution in [1.82, 2.24) is 9.97 Å². The molecule has 122 valence electrons. The molecule has 1 heterocycles. The van der Waals surface area contributed by atoms with Crippen molar-refractivity contribution >= 4 is 29.1 Å². The molecule has 1 aromatic heterocycles. The van der Waals surface area contributed by atoms with E-state index in [0.717, 1.165) is 28.6 Å². The van der Waals surface area contributed by atoms with Gasteiger partial charge >= 0.3 is 0 Å². The first-order valence-corrected chi connectivity index (χ1v) is 8.28. The maximum atomic E-state index is 5.91. The van der Waals surface area contributed by atoms with E-state index in [-0.39, 0.29) is 0 Å². The number of hydrogen-bond donors (Lipinski definition) is 1. The topological polar surface area (TPSA) is 41.1 Å². The lowest BCUT2D eigenvalue weighted by atomic mass is 10.2. The Morgan fingerprint density at radius 1 is 1.00 bits per heavy atom. The Hall–Kier alpha value is -2.59. The van der Waals surface area contributed by atoms with Gasteiger partial charge in [-0.25, -0.2) is 4.98 Å². The summed E-state index contributed by atoms with van der Waals surface area (Å²) in [6.45, 7) is 3.57. The minimum absolute atomic E-state index is 0.685. The summed E-state index contributed by atoms with van der Waals surface area (Å²) in [7, 11) is 0. The Balaban J connectivity index is 1.74. The molecule has 3 rings (SSSR count). The fourth-order valence-corrected chi connectivity index (χ4v) is 2.55. The summed E-state index contributed by atoms with van der Waals surface area (Å²) in [4.78, 5) is 11.1. The summed E-state index contributed by atoms with van der Waals surface area (Å²) in [6.07, 6.45) is 1.78. The number of hydrogen-bond acceptors (Lipinski definition) is 4. The monoisotopic (exact) mass is 338 g/mol. The smallest absolute Gasteiger partial charge is 0.231 e. The molecule has 0 aliphatic rings. The van der Waals surface area contributed by atoms with Gasteiger partial charge in [0.2, 0.25) is 5.95 Å². The SMILES string of the molecule is CCN(c1ccccc1)c1nccc(NCc2ccc(Cl)cc2)n1. The molecule has 0 amide bonds. The first kappa shape index (κ1) is 16.3. The van der Waals surface area contributed by atoms with Crippen molar-refractivity contribution in [3.63, 3.8) is 0 Å². The van der Waals surface area contributed by atoms with E-state index >= 15 is 0 Å². The molecule has 4 nitrogen and oxygen atoms in total. The van der Waals surface area contributed by atoms with E-state index in [2.05, 4.69) is 39.2 Å². The molecular weight excluding hydrogens is 320 g/mol. The molecule has 0 unspecified atom stereocenters. The van der Waals surface area contributed by atoms with Crippen LogP contribution in [-0.2, 0) is 6.54 Å². The van der Waals surface area contributed by atoms with Crippen molar-refractivity contribution < 1.29 is 0 Å². The molecule has 0 aliphatic heterocycles. The summed E-state index contributed by atoms with van der Waals surface area (Å²) in [5.74, 6) is 1.48. The van der Waals surface area contributed by atoms with Crippen LogP contribution in [-0.4, -0.2) is 16.5 Å². The Kier molecular flexibility index (Phi) is 5.29. The van der Waals surface area contributed by atoms with Crippen molar-refractivity contribution in [1.29, 1.82) is 0 Å². The zero-order valence-electron chi connectivity index (χ0n) is 13.5. The predicted molar refractivity (Wildman–Crippen MR) is 99.9 cm³/mol. The fraction of sp³-hybridized carbons (Fsp3) is 0.158. The third kappa shape index (κ3) is 4.03. The first-order valence-electron chi connectivity index (χ1n) is 7.90. The number of rotatable bonds is 6. The van der Waals surface area contributed by atoms with E-state index in [1.165, 1.54) is 0 Å². The summed E-state index contributed by atoms with van der Waals surface area (Å²) >= 11 is 5.91. The van der Waals surface area contributed by atoms with E-state index < -0.39 is 0 Å². The molecule has 0 fully saturated rings. The van der Waals surface area contributed by atoms with Gasteiger partial charge in [0.25, 0.3) is 0 Å². The second kappa shape index (κ2) is 7.79. The van der Waals surface area contributed by atoms with Crippen molar-refractivity contribution in [2.45, 2.75) is 13.5 Å². The van der Waals surface area contributed by atoms with E-state index in [9.17, 15) is 0 Å². The van der Waals surface area contributed by atoms with Gasteiger partial charge in [0.15, 0.2) is 0 Å². The van der Waals surface area contributed by atoms with Crippen LogP contribution < -0.4 is 10.2 Å². The third-order valence-electron chi connectivity index (χ3n) is 3.66. The average molecular weight is 339 g/mol. The lowest BCUT2D eigenvalue weighted by molar-refractivity contribution is 0.942. The normalized spacial score (nSPS) is 10.4. The van der Waals surface area contributed by atoms with Crippen LogP contribution >= 0.6 is 11.6 Å². The maximum absolute atomic E-state index is 5.91. The van der Waals surface area contributed by atoms with Crippen LogP contribution in [0.15, 0.2) is 66.9 Å². The molecule has 0 atom stereocenters. The van der Waals surface area contributed by atoms with Gasteiger partial charge in [0, 0.05) is 30.0 Å². The minimum atomic E-state index is 0.685. The van der Waals surface area contributed by atoms with Crippen molar-refractivity contribution in [3.8, 4) is 0 Å². The van der Waals surface area contributed by atoms with E-state index in [1.807, 2.05) is 48.5 Å². The number of nitrogens with zero attached hydrogens (tertiary/aromatic N) is 3. The van der Waals surface area contributed by atoms with Gasteiger partial charge < -0.3 is 10.2 Å². The molecule has 3 aromatic rings. The van der Waals surface area contributed by atoms with Gasteiger partial charge in [-0.2, -0.15) is 4.98 Å². The summed E-state index contributed by atoms with van der Waals surface area (Å²) < 4.78 is 0. The van der Waals surface area contributed by atoms with Crippen molar-refractivity contribution in [2.24, 2.45) is 0 Å². The molecular formula is C19H19ClN4. The Morgan fingerprint density at radius 3 is 2.46 bits per heavy atom. The van der Waals surface area contributed by atoms with Crippen LogP contribution in [0.4, 0.5) is 17.5 Å². The van der Waals surface area contributed by atoms with Gasteiger partial charge in [-0.05, 0) is 42.8 Å². The van der Waals surface area contributed by atoms with Crippen LogP contribution in [0.3, 0.4) is 0 Å². The molecule has 2 aromatic carbocycles. The van der Waals surface area contributed by atoms with Gasteiger partial charge in [-0.15, -0.1) is 0 Å². The Morgan fingerprint density at radius 2 is 1.75 bits per heavy atom. The summed E-state index contributed by atoms with van der Waals surface area (Å²) in [6, 6.07) is 19.8. The highest BCUT2D eigenvalue weighted by molar-refractivity contribution is 6.30. The van der Waals surface area contributed by atoms with Gasteiger partial charge in [0.1, 0.15) is 5.82 Å². The summed E-state index contributed by atoms with van der Waals surface area (Å²) in [5, 5.41) is 4.07. The number of nitrogens with one attached hydrogen (secondary N) is 1. The molecule has 0 spiro atoms. The molecule has 0 aliphatic carbocycles. The highest BCUT2D eigenvalue weighted by Crippen LogP contribution is 2.22. The Bertz CT molecular complexity index is 775. The predicted octanol–water partition coefficient (Wildman–Crippen LogP) is 4.90. The van der Waals surface area contributed by atoms with Crippen LogP contribution in [0, 0.1) is 0 Å². The van der Waals surface area contributed by atoms with Gasteiger partial charge in [-0.3, -0.25) is 0 Å². The van der Waals surface area contributed by atoms with Crippen LogP contribution in [0.5, 0.6) is 0 Å². The first-order chi connectivity index (χ1) is 11.8. The van der Waals surface area contributed by atoms with Crippen molar-refractivity contribution in [2.75, 3.05) is 16.8 Å². The zero-order valence-corrected chi connectivity index (χ0v) is 14.2. The highest BCUT2D eigenvalue weighted by atomic mass is 35.5. The molecule has 5 heteroatoms. The number of anilines is 3. The quantitative estimate of drug-likeness (QED) is 0.694. The highest BCUT2D eigenvalue weighted by Gasteiger charge is 2.10. The van der Waals surface area contributed by atoms with Gasteiger partial charge in [-0.1, -0.05) is 41.9 Å². The Labute approximate surface area is 147 Å². The number of para-hydroxylation sites is 1. The van der Waals surface area contributed by atoms with Crippen LogP contribution in [0.1, 0.15) is 12.5 Å².